The van der Waals surface area contributed by atoms with Gasteiger partial charge in [0.2, 0.25) is 0 Å². The first-order valence-corrected chi connectivity index (χ1v) is 11.3. The molecule has 2 N–H and O–H groups in total. The fraction of sp³-hybridized carbons (Fsp3) is 0.263. The molecular weight excluding hydrogens is 400 g/mol. The molecule has 9 heteroatoms. The van der Waals surface area contributed by atoms with Gasteiger partial charge in [0.05, 0.1) is 18.6 Å². The third kappa shape index (κ3) is 5.20. The third-order valence-electron chi connectivity index (χ3n) is 4.24. The van der Waals surface area contributed by atoms with Crippen molar-refractivity contribution in [3.63, 3.8) is 0 Å². The van der Waals surface area contributed by atoms with Crippen molar-refractivity contribution >= 4 is 39.1 Å². The number of carbonyl (C=O) groups is 2. The number of methoxy groups -OCH3 is 1. The topological polar surface area (TPSA) is 102 Å². The number of thiophene rings is 1. The van der Waals surface area contributed by atoms with Gasteiger partial charge in [0.15, 0.2) is 9.84 Å². The van der Waals surface area contributed by atoms with Gasteiger partial charge in [-0.05, 0) is 48.2 Å². The maximum Gasteiger partial charge on any atom is 0.268 e. The molecule has 0 bridgehead atoms. The number of carbonyl (C=O) groups excluding carboxylic acids is 2. The van der Waals surface area contributed by atoms with E-state index in [0.29, 0.717) is 17.7 Å². The molecule has 2 amide bonds. The smallest absolute Gasteiger partial charge is 0.268 e. The summed E-state index contributed by atoms with van der Waals surface area (Å²) in [5.41, 5.74) is 0.432. The van der Waals surface area contributed by atoms with Crippen LogP contribution in [0.15, 0.2) is 47.5 Å². The molecule has 2 heterocycles. The van der Waals surface area contributed by atoms with E-state index in [2.05, 4.69) is 10.6 Å². The molecule has 7 nitrogen and oxygen atoms in total. The van der Waals surface area contributed by atoms with Crippen LogP contribution in [0.25, 0.3) is 6.08 Å². The van der Waals surface area contributed by atoms with Crippen molar-refractivity contribution in [3.05, 3.63) is 57.9 Å². The van der Waals surface area contributed by atoms with E-state index < -0.39 is 27.7 Å². The van der Waals surface area contributed by atoms with Crippen LogP contribution < -0.4 is 15.4 Å². The number of hydrogen-bond donors (Lipinski definition) is 2. The van der Waals surface area contributed by atoms with E-state index >= 15 is 0 Å². The Hall–Kier alpha value is -2.65. The highest BCUT2D eigenvalue weighted by molar-refractivity contribution is 7.91. The van der Waals surface area contributed by atoms with E-state index in [4.69, 9.17) is 4.74 Å². The van der Waals surface area contributed by atoms with E-state index in [1.54, 1.807) is 30.3 Å². The van der Waals surface area contributed by atoms with Gasteiger partial charge in [-0.2, -0.15) is 0 Å². The molecule has 0 radical (unpaired) electrons. The van der Waals surface area contributed by atoms with E-state index in [1.165, 1.54) is 18.4 Å². The molecule has 28 heavy (non-hydrogen) atoms. The van der Waals surface area contributed by atoms with Gasteiger partial charge in [-0.3, -0.25) is 9.59 Å². The summed E-state index contributed by atoms with van der Waals surface area (Å²) in [7, 11) is -1.59. The van der Waals surface area contributed by atoms with Crippen molar-refractivity contribution in [1.82, 2.24) is 10.6 Å². The number of rotatable bonds is 6. The fourth-order valence-corrected chi connectivity index (χ4v) is 5.11. The average molecular weight is 421 g/mol. The van der Waals surface area contributed by atoms with Crippen LogP contribution in [0.3, 0.4) is 0 Å². The standard InChI is InChI=1S/C19H20N2O5S2/c1-26-15-6-4-13(5-7-15)18(22)21-17(11-16-3-2-9-27-16)19(23)20-14-8-10-28(24,25)12-14/h2-7,9,11,14H,8,10,12H2,1H3,(H,20,23)(H,21,22)/b17-11-. The summed E-state index contributed by atoms with van der Waals surface area (Å²) in [6, 6.07) is 9.69. The van der Waals surface area contributed by atoms with Gasteiger partial charge in [0, 0.05) is 16.5 Å². The fourth-order valence-electron chi connectivity index (χ4n) is 2.78. The highest BCUT2D eigenvalue weighted by atomic mass is 32.2. The van der Waals surface area contributed by atoms with E-state index in [-0.39, 0.29) is 17.2 Å². The largest absolute Gasteiger partial charge is 0.497 e. The summed E-state index contributed by atoms with van der Waals surface area (Å²) in [4.78, 5) is 26.1. The minimum absolute atomic E-state index is 0.0557. The van der Waals surface area contributed by atoms with Crippen LogP contribution in [0, 0.1) is 0 Å². The van der Waals surface area contributed by atoms with Crippen molar-refractivity contribution < 1.29 is 22.7 Å². The molecule has 148 valence electrons. The van der Waals surface area contributed by atoms with Gasteiger partial charge < -0.3 is 15.4 Å². The Morgan fingerprint density at radius 2 is 1.96 bits per heavy atom. The molecule has 1 aliphatic rings. The molecule has 0 saturated carbocycles. The van der Waals surface area contributed by atoms with Gasteiger partial charge in [0.1, 0.15) is 11.4 Å². The number of nitrogens with one attached hydrogen (secondary N) is 2. The Morgan fingerprint density at radius 3 is 2.54 bits per heavy atom. The molecule has 1 saturated heterocycles. The first-order chi connectivity index (χ1) is 13.4. The zero-order valence-corrected chi connectivity index (χ0v) is 16.8. The zero-order valence-electron chi connectivity index (χ0n) is 15.2. The molecule has 0 aliphatic carbocycles. The second-order valence-electron chi connectivity index (χ2n) is 6.33. The van der Waals surface area contributed by atoms with Gasteiger partial charge in [0.25, 0.3) is 11.8 Å². The Balaban J connectivity index is 1.77. The molecule has 1 atom stereocenters. The normalized spacial score (nSPS) is 18.5. The zero-order chi connectivity index (χ0) is 20.1. The van der Waals surface area contributed by atoms with Crippen LogP contribution in [0.5, 0.6) is 5.75 Å². The van der Waals surface area contributed by atoms with Gasteiger partial charge in [-0.1, -0.05) is 6.07 Å². The predicted octanol–water partition coefficient (Wildman–Crippen LogP) is 1.83. The van der Waals surface area contributed by atoms with Crippen LogP contribution in [-0.4, -0.2) is 44.9 Å². The molecule has 1 aliphatic heterocycles. The van der Waals surface area contributed by atoms with Crippen LogP contribution >= 0.6 is 11.3 Å². The van der Waals surface area contributed by atoms with E-state index in [9.17, 15) is 18.0 Å². The SMILES string of the molecule is COc1ccc(C(=O)N/C(=C\c2cccs2)C(=O)NC2CCS(=O)(=O)C2)cc1. The highest BCUT2D eigenvalue weighted by Gasteiger charge is 2.30. The summed E-state index contributed by atoms with van der Waals surface area (Å²) < 4.78 is 28.3. The summed E-state index contributed by atoms with van der Waals surface area (Å²) >= 11 is 1.42. The van der Waals surface area contributed by atoms with E-state index in [1.807, 2.05) is 17.5 Å². The minimum Gasteiger partial charge on any atom is -0.497 e. The number of benzene rings is 1. The van der Waals surface area contributed by atoms with Crippen molar-refractivity contribution in [1.29, 1.82) is 0 Å². The molecule has 1 aromatic carbocycles. The lowest BCUT2D eigenvalue weighted by Crippen LogP contribution is -2.41. The number of ether oxygens (including phenoxy) is 1. The predicted molar refractivity (Wildman–Crippen MR) is 108 cm³/mol. The summed E-state index contributed by atoms with van der Waals surface area (Å²) in [6.07, 6.45) is 1.94. The summed E-state index contributed by atoms with van der Waals surface area (Å²) in [6.45, 7) is 0. The number of sulfone groups is 1. The van der Waals surface area contributed by atoms with Crippen LogP contribution in [-0.2, 0) is 14.6 Å². The number of hydrogen-bond acceptors (Lipinski definition) is 6. The maximum atomic E-state index is 12.7. The van der Waals surface area contributed by atoms with Crippen LogP contribution in [0.2, 0.25) is 0 Å². The summed E-state index contributed by atoms with van der Waals surface area (Å²) in [5, 5.41) is 7.19. The maximum absolute atomic E-state index is 12.7. The first-order valence-electron chi connectivity index (χ1n) is 8.58. The highest BCUT2D eigenvalue weighted by Crippen LogP contribution is 2.16. The van der Waals surface area contributed by atoms with Crippen molar-refractivity contribution in [2.24, 2.45) is 0 Å². The van der Waals surface area contributed by atoms with Crippen molar-refractivity contribution in [3.8, 4) is 5.75 Å². The lowest BCUT2D eigenvalue weighted by molar-refractivity contribution is -0.118. The van der Waals surface area contributed by atoms with Gasteiger partial charge >= 0.3 is 0 Å². The second kappa shape index (κ2) is 8.57. The van der Waals surface area contributed by atoms with Gasteiger partial charge in [-0.25, -0.2) is 8.42 Å². The Bertz CT molecular complexity index is 980. The molecule has 3 rings (SSSR count). The minimum atomic E-state index is -3.12. The van der Waals surface area contributed by atoms with Crippen molar-refractivity contribution in [2.75, 3.05) is 18.6 Å². The lowest BCUT2D eigenvalue weighted by atomic mass is 10.2. The van der Waals surface area contributed by atoms with Crippen LogP contribution in [0.4, 0.5) is 0 Å². The monoisotopic (exact) mass is 420 g/mol. The second-order valence-corrected chi connectivity index (χ2v) is 9.54. The molecule has 1 aromatic heterocycles. The molecule has 1 fully saturated rings. The average Bonchev–Trinajstić information content (AvgIpc) is 3.30. The van der Waals surface area contributed by atoms with Gasteiger partial charge in [-0.15, -0.1) is 11.3 Å². The Labute approximate surface area is 167 Å². The Morgan fingerprint density at radius 1 is 1.21 bits per heavy atom. The Kier molecular flexibility index (Phi) is 6.15. The van der Waals surface area contributed by atoms with Crippen LogP contribution in [0.1, 0.15) is 21.7 Å². The molecule has 1 unspecified atom stereocenters. The molecular formula is C19H20N2O5S2. The quantitative estimate of drug-likeness (QED) is 0.695. The number of amides is 2. The lowest BCUT2D eigenvalue weighted by Gasteiger charge is -2.14. The third-order valence-corrected chi connectivity index (χ3v) is 6.83. The van der Waals surface area contributed by atoms with E-state index in [0.717, 1.165) is 4.88 Å². The summed E-state index contributed by atoms with van der Waals surface area (Å²) in [5.74, 6) is -0.375. The molecule has 0 spiro atoms. The molecule has 2 aromatic rings. The van der Waals surface area contributed by atoms with Crippen molar-refractivity contribution in [2.45, 2.75) is 12.5 Å². The first kappa shape index (κ1) is 20.1.